The summed E-state index contributed by atoms with van der Waals surface area (Å²) in [5, 5.41) is 18.7. The Hall–Kier alpha value is -1.94. The van der Waals surface area contributed by atoms with Crippen molar-refractivity contribution in [2.24, 2.45) is 10.2 Å². The summed E-state index contributed by atoms with van der Waals surface area (Å²) >= 11 is 5.76. The predicted molar refractivity (Wildman–Crippen MR) is 80.4 cm³/mol. The minimum absolute atomic E-state index is 0.221. The van der Waals surface area contributed by atoms with Crippen molar-refractivity contribution in [3.8, 4) is 5.75 Å². The maximum Gasteiger partial charge on any atom is 0.174 e. The van der Waals surface area contributed by atoms with Gasteiger partial charge in [-0.15, -0.1) is 10.2 Å². The van der Waals surface area contributed by atoms with Gasteiger partial charge >= 0.3 is 0 Å². The molecule has 0 aliphatic carbocycles. The summed E-state index contributed by atoms with van der Waals surface area (Å²) < 4.78 is 0. The van der Waals surface area contributed by atoms with Crippen molar-refractivity contribution < 1.29 is 5.11 Å². The molecule has 0 bridgehead atoms. The lowest BCUT2D eigenvalue weighted by Crippen LogP contribution is -1.89. The van der Waals surface area contributed by atoms with Gasteiger partial charge in [-0.3, -0.25) is 0 Å². The molecular weight excluding hydrogens is 274 g/mol. The van der Waals surface area contributed by atoms with Gasteiger partial charge in [-0.05, 0) is 48.2 Å². The number of nitrogens with zero attached hydrogens (tertiary/aromatic N) is 3. The van der Waals surface area contributed by atoms with Crippen LogP contribution in [0.15, 0.2) is 40.7 Å². The minimum atomic E-state index is 0.221. The Labute approximate surface area is 123 Å². The van der Waals surface area contributed by atoms with Crippen LogP contribution in [0.2, 0.25) is 5.02 Å². The Morgan fingerprint density at radius 3 is 2.55 bits per heavy atom. The quantitative estimate of drug-likeness (QED) is 0.781. The van der Waals surface area contributed by atoms with Crippen molar-refractivity contribution in [3.63, 3.8) is 0 Å². The summed E-state index contributed by atoms with van der Waals surface area (Å²) in [5.74, 6) is 1.01. The first-order valence-corrected chi connectivity index (χ1v) is 6.72. The zero-order valence-electron chi connectivity index (χ0n) is 11.6. The molecule has 0 saturated carbocycles. The van der Waals surface area contributed by atoms with Gasteiger partial charge in [0.05, 0.1) is 10.7 Å². The summed E-state index contributed by atoms with van der Waals surface area (Å²) in [4.78, 5) is 4.06. The molecule has 0 amide bonds. The number of rotatable bonds is 3. The maximum absolute atomic E-state index is 9.90. The number of phenolic OH excluding ortho intramolecular Hbond substituents is 1. The molecule has 0 radical (unpaired) electrons. The van der Waals surface area contributed by atoms with E-state index in [1.54, 1.807) is 18.2 Å². The van der Waals surface area contributed by atoms with Crippen LogP contribution in [-0.4, -0.2) is 10.1 Å². The van der Waals surface area contributed by atoms with Gasteiger partial charge in [0.15, 0.2) is 5.82 Å². The third kappa shape index (κ3) is 3.33. The van der Waals surface area contributed by atoms with E-state index in [0.29, 0.717) is 16.6 Å². The number of hydrogen-bond acceptors (Lipinski definition) is 4. The molecule has 104 valence electrons. The lowest BCUT2D eigenvalue weighted by molar-refractivity contribution is 0.464. The van der Waals surface area contributed by atoms with Crippen LogP contribution >= 0.6 is 11.6 Å². The molecule has 0 saturated heterocycles. The molecule has 0 fully saturated rings. The second-order valence-corrected chi connectivity index (χ2v) is 5.32. The molecule has 1 aromatic carbocycles. The first-order valence-electron chi connectivity index (χ1n) is 6.34. The van der Waals surface area contributed by atoms with Gasteiger partial charge in [0, 0.05) is 6.20 Å². The summed E-state index contributed by atoms with van der Waals surface area (Å²) in [6.45, 7) is 5.92. The Balaban J connectivity index is 2.33. The van der Waals surface area contributed by atoms with Crippen molar-refractivity contribution in [3.05, 3.63) is 46.6 Å². The van der Waals surface area contributed by atoms with E-state index in [1.165, 1.54) is 6.20 Å². The van der Waals surface area contributed by atoms with E-state index in [0.717, 1.165) is 16.8 Å². The molecule has 0 unspecified atom stereocenters. The molecular formula is C15H16ClN3O. The fraction of sp³-hybridized carbons (Fsp3) is 0.267. The molecule has 5 heteroatoms. The van der Waals surface area contributed by atoms with Crippen LogP contribution in [0.3, 0.4) is 0 Å². The molecule has 1 aromatic heterocycles. The smallest absolute Gasteiger partial charge is 0.174 e. The standard InChI is InChI=1S/C15H16ClN3O/c1-9(2)12-7-13(10(3)6-14(12)20)18-19-15-5-4-11(16)8-17-15/h4-9,20H,1-3H3. The van der Waals surface area contributed by atoms with E-state index >= 15 is 0 Å². The molecule has 4 nitrogen and oxygen atoms in total. The van der Waals surface area contributed by atoms with E-state index < -0.39 is 0 Å². The van der Waals surface area contributed by atoms with Crippen molar-refractivity contribution in [2.75, 3.05) is 0 Å². The number of azo groups is 1. The molecule has 20 heavy (non-hydrogen) atoms. The Morgan fingerprint density at radius 1 is 1.20 bits per heavy atom. The van der Waals surface area contributed by atoms with Crippen LogP contribution in [0.1, 0.15) is 30.9 Å². The minimum Gasteiger partial charge on any atom is -0.508 e. The first-order chi connectivity index (χ1) is 9.47. The van der Waals surface area contributed by atoms with Crippen molar-refractivity contribution in [1.29, 1.82) is 0 Å². The topological polar surface area (TPSA) is 57.8 Å². The van der Waals surface area contributed by atoms with Crippen LogP contribution < -0.4 is 0 Å². The van der Waals surface area contributed by atoms with E-state index in [2.05, 4.69) is 15.2 Å². The Morgan fingerprint density at radius 2 is 1.95 bits per heavy atom. The number of phenols is 1. The van der Waals surface area contributed by atoms with Crippen LogP contribution in [0.25, 0.3) is 0 Å². The fourth-order valence-corrected chi connectivity index (χ4v) is 1.91. The molecule has 1 heterocycles. The zero-order valence-corrected chi connectivity index (χ0v) is 12.4. The highest BCUT2D eigenvalue weighted by Crippen LogP contribution is 2.33. The molecule has 0 aliphatic rings. The van der Waals surface area contributed by atoms with E-state index in [9.17, 15) is 5.11 Å². The predicted octanol–water partition coefficient (Wildman–Crippen LogP) is 5.29. The van der Waals surface area contributed by atoms with Crippen LogP contribution in [0.4, 0.5) is 11.5 Å². The molecule has 0 atom stereocenters. The van der Waals surface area contributed by atoms with Crippen LogP contribution in [0.5, 0.6) is 5.75 Å². The number of aryl methyl sites for hydroxylation is 1. The third-order valence-electron chi connectivity index (χ3n) is 2.94. The Kier molecular flexibility index (Phi) is 4.35. The Bertz CT molecular complexity index is 636. The summed E-state index contributed by atoms with van der Waals surface area (Å²) in [6.07, 6.45) is 1.53. The summed E-state index contributed by atoms with van der Waals surface area (Å²) in [5.41, 5.74) is 2.45. The fourth-order valence-electron chi connectivity index (χ4n) is 1.80. The molecule has 1 N–H and O–H groups in total. The van der Waals surface area contributed by atoms with E-state index in [4.69, 9.17) is 11.6 Å². The highest BCUT2D eigenvalue weighted by atomic mass is 35.5. The molecule has 2 rings (SSSR count). The third-order valence-corrected chi connectivity index (χ3v) is 3.16. The van der Waals surface area contributed by atoms with Gasteiger partial charge in [0.25, 0.3) is 0 Å². The molecule has 2 aromatic rings. The average molecular weight is 290 g/mol. The van der Waals surface area contributed by atoms with Crippen molar-refractivity contribution in [1.82, 2.24) is 4.98 Å². The highest BCUT2D eigenvalue weighted by Gasteiger charge is 2.09. The highest BCUT2D eigenvalue weighted by molar-refractivity contribution is 6.30. The van der Waals surface area contributed by atoms with E-state index in [1.807, 2.05) is 26.8 Å². The van der Waals surface area contributed by atoms with Gasteiger partial charge in [-0.2, -0.15) is 0 Å². The number of pyridine rings is 1. The first kappa shape index (κ1) is 14.5. The maximum atomic E-state index is 9.90. The number of aromatic nitrogens is 1. The number of aromatic hydroxyl groups is 1. The molecule has 0 spiro atoms. The lowest BCUT2D eigenvalue weighted by atomic mass is 9.99. The normalized spacial score (nSPS) is 11.4. The monoisotopic (exact) mass is 289 g/mol. The number of halogens is 1. The van der Waals surface area contributed by atoms with Gasteiger partial charge in [-0.1, -0.05) is 25.4 Å². The van der Waals surface area contributed by atoms with Crippen molar-refractivity contribution in [2.45, 2.75) is 26.7 Å². The van der Waals surface area contributed by atoms with Gasteiger partial charge in [0.1, 0.15) is 5.75 Å². The van der Waals surface area contributed by atoms with Gasteiger partial charge in [0.2, 0.25) is 0 Å². The zero-order chi connectivity index (χ0) is 14.7. The SMILES string of the molecule is Cc1cc(O)c(C(C)C)cc1N=Nc1ccc(Cl)cn1. The summed E-state index contributed by atoms with van der Waals surface area (Å²) in [6, 6.07) is 6.98. The molecule has 0 aliphatic heterocycles. The van der Waals surface area contributed by atoms with Gasteiger partial charge < -0.3 is 5.11 Å². The second-order valence-electron chi connectivity index (χ2n) is 4.89. The van der Waals surface area contributed by atoms with Gasteiger partial charge in [-0.25, -0.2) is 4.98 Å². The number of benzene rings is 1. The van der Waals surface area contributed by atoms with E-state index in [-0.39, 0.29) is 5.92 Å². The lowest BCUT2D eigenvalue weighted by Gasteiger charge is -2.10. The average Bonchev–Trinajstić information content (AvgIpc) is 2.39. The summed E-state index contributed by atoms with van der Waals surface area (Å²) in [7, 11) is 0. The van der Waals surface area contributed by atoms with Crippen LogP contribution in [-0.2, 0) is 0 Å². The number of hydrogen-bond donors (Lipinski definition) is 1. The van der Waals surface area contributed by atoms with Crippen LogP contribution in [0, 0.1) is 6.92 Å². The van der Waals surface area contributed by atoms with Crippen molar-refractivity contribution >= 4 is 23.1 Å². The largest absolute Gasteiger partial charge is 0.508 e. The second kappa shape index (κ2) is 6.01.